The Balaban J connectivity index is 1.93. The standard InChI is InChI=1S/C17H18ClN/c1-13-6-7-17(16(10-13)11-18)19-9-8-14-4-2-3-5-15(14)12-19/h2-7,10H,8-9,11-12H2,1H3. The third-order valence-electron chi connectivity index (χ3n) is 3.85. The Morgan fingerprint density at radius 3 is 2.68 bits per heavy atom. The Morgan fingerprint density at radius 1 is 1.11 bits per heavy atom. The topological polar surface area (TPSA) is 3.24 Å². The third kappa shape index (κ3) is 2.48. The lowest BCUT2D eigenvalue weighted by Gasteiger charge is -2.32. The van der Waals surface area contributed by atoms with Gasteiger partial charge in [-0.05, 0) is 36.1 Å². The predicted molar refractivity (Wildman–Crippen MR) is 81.9 cm³/mol. The van der Waals surface area contributed by atoms with E-state index in [-0.39, 0.29) is 0 Å². The van der Waals surface area contributed by atoms with E-state index in [1.165, 1.54) is 27.9 Å². The Kier molecular flexibility index (Phi) is 3.48. The number of anilines is 1. The van der Waals surface area contributed by atoms with Crippen LogP contribution < -0.4 is 4.90 Å². The van der Waals surface area contributed by atoms with Crippen molar-refractivity contribution in [1.82, 2.24) is 0 Å². The van der Waals surface area contributed by atoms with Crippen LogP contribution in [0.2, 0.25) is 0 Å². The normalized spacial score (nSPS) is 14.3. The molecule has 0 amide bonds. The van der Waals surface area contributed by atoms with Crippen molar-refractivity contribution in [2.75, 3.05) is 11.4 Å². The smallest absolute Gasteiger partial charge is 0.0494 e. The molecular formula is C17H18ClN. The van der Waals surface area contributed by atoms with Crippen molar-refractivity contribution in [2.45, 2.75) is 25.8 Å². The second-order valence-electron chi connectivity index (χ2n) is 5.21. The number of fused-ring (bicyclic) bond motifs is 1. The van der Waals surface area contributed by atoms with Crippen LogP contribution in [0.25, 0.3) is 0 Å². The zero-order chi connectivity index (χ0) is 13.2. The Hall–Kier alpha value is -1.47. The molecule has 3 rings (SSSR count). The van der Waals surface area contributed by atoms with Gasteiger partial charge in [-0.1, -0.05) is 42.0 Å². The second kappa shape index (κ2) is 5.26. The van der Waals surface area contributed by atoms with Crippen LogP contribution in [0.1, 0.15) is 22.3 Å². The molecule has 0 N–H and O–H groups in total. The molecule has 1 nitrogen and oxygen atoms in total. The number of halogens is 1. The van der Waals surface area contributed by atoms with E-state index in [0.29, 0.717) is 5.88 Å². The molecule has 0 saturated heterocycles. The maximum atomic E-state index is 6.10. The first kappa shape index (κ1) is 12.6. The minimum atomic E-state index is 0.579. The second-order valence-corrected chi connectivity index (χ2v) is 5.47. The Labute approximate surface area is 119 Å². The fourth-order valence-electron chi connectivity index (χ4n) is 2.83. The SMILES string of the molecule is Cc1ccc(N2CCc3ccccc3C2)c(CCl)c1. The van der Waals surface area contributed by atoms with E-state index in [1.54, 1.807) is 0 Å². The van der Waals surface area contributed by atoms with Crippen LogP contribution >= 0.6 is 11.6 Å². The summed E-state index contributed by atoms with van der Waals surface area (Å²) in [5, 5.41) is 0. The highest BCUT2D eigenvalue weighted by molar-refractivity contribution is 6.17. The summed E-state index contributed by atoms with van der Waals surface area (Å²) >= 11 is 6.10. The van der Waals surface area contributed by atoms with Crippen molar-refractivity contribution >= 4 is 17.3 Å². The quantitative estimate of drug-likeness (QED) is 0.736. The van der Waals surface area contributed by atoms with Gasteiger partial charge < -0.3 is 4.90 Å². The van der Waals surface area contributed by atoms with Crippen LogP contribution in [0, 0.1) is 6.92 Å². The highest BCUT2D eigenvalue weighted by atomic mass is 35.5. The van der Waals surface area contributed by atoms with Gasteiger partial charge >= 0.3 is 0 Å². The molecule has 2 aromatic rings. The van der Waals surface area contributed by atoms with E-state index in [9.17, 15) is 0 Å². The van der Waals surface area contributed by atoms with Crippen molar-refractivity contribution in [2.24, 2.45) is 0 Å². The summed E-state index contributed by atoms with van der Waals surface area (Å²) in [7, 11) is 0. The predicted octanol–water partition coefficient (Wildman–Crippen LogP) is 4.30. The zero-order valence-corrected chi connectivity index (χ0v) is 12.0. The van der Waals surface area contributed by atoms with E-state index in [1.807, 2.05) is 0 Å². The molecule has 0 radical (unpaired) electrons. The molecule has 0 saturated carbocycles. The maximum absolute atomic E-state index is 6.10. The van der Waals surface area contributed by atoms with Gasteiger partial charge in [-0.25, -0.2) is 0 Å². The molecule has 0 aliphatic carbocycles. The molecular weight excluding hydrogens is 254 g/mol. The molecule has 0 aromatic heterocycles. The van der Waals surface area contributed by atoms with Gasteiger partial charge in [0.05, 0.1) is 0 Å². The first-order chi connectivity index (χ1) is 9.28. The molecule has 1 heterocycles. The van der Waals surface area contributed by atoms with Gasteiger partial charge in [0.15, 0.2) is 0 Å². The van der Waals surface area contributed by atoms with Crippen molar-refractivity contribution in [3.05, 3.63) is 64.7 Å². The summed E-state index contributed by atoms with van der Waals surface area (Å²) in [4.78, 5) is 2.44. The van der Waals surface area contributed by atoms with Gasteiger partial charge in [-0.2, -0.15) is 0 Å². The third-order valence-corrected chi connectivity index (χ3v) is 4.14. The average Bonchev–Trinajstić information content (AvgIpc) is 2.46. The van der Waals surface area contributed by atoms with Crippen LogP contribution in [0.3, 0.4) is 0 Å². The fraction of sp³-hybridized carbons (Fsp3) is 0.294. The molecule has 0 spiro atoms. The lowest BCUT2D eigenvalue weighted by molar-refractivity contribution is 0.729. The van der Waals surface area contributed by atoms with Crippen molar-refractivity contribution in [1.29, 1.82) is 0 Å². The van der Waals surface area contributed by atoms with Gasteiger partial charge in [0.2, 0.25) is 0 Å². The van der Waals surface area contributed by atoms with Crippen LogP contribution in [-0.4, -0.2) is 6.54 Å². The summed E-state index contributed by atoms with van der Waals surface area (Å²) < 4.78 is 0. The number of hydrogen-bond acceptors (Lipinski definition) is 1. The zero-order valence-electron chi connectivity index (χ0n) is 11.2. The van der Waals surface area contributed by atoms with Gasteiger partial charge in [-0.3, -0.25) is 0 Å². The van der Waals surface area contributed by atoms with Crippen LogP contribution in [-0.2, 0) is 18.8 Å². The summed E-state index contributed by atoms with van der Waals surface area (Å²) in [5.41, 5.74) is 6.72. The molecule has 19 heavy (non-hydrogen) atoms. The first-order valence-corrected chi connectivity index (χ1v) is 7.28. The molecule has 2 aromatic carbocycles. The Morgan fingerprint density at radius 2 is 1.89 bits per heavy atom. The highest BCUT2D eigenvalue weighted by Gasteiger charge is 2.17. The average molecular weight is 272 g/mol. The Bertz CT molecular complexity index is 592. The van der Waals surface area contributed by atoms with Crippen molar-refractivity contribution < 1.29 is 0 Å². The number of alkyl halides is 1. The fourth-order valence-corrected chi connectivity index (χ4v) is 3.05. The first-order valence-electron chi connectivity index (χ1n) is 6.75. The molecule has 98 valence electrons. The van der Waals surface area contributed by atoms with Crippen LogP contribution in [0.4, 0.5) is 5.69 Å². The van der Waals surface area contributed by atoms with Gasteiger partial charge in [-0.15, -0.1) is 11.6 Å². The monoisotopic (exact) mass is 271 g/mol. The molecule has 0 unspecified atom stereocenters. The van der Waals surface area contributed by atoms with E-state index >= 15 is 0 Å². The number of rotatable bonds is 2. The lowest BCUT2D eigenvalue weighted by Crippen LogP contribution is -2.30. The number of hydrogen-bond donors (Lipinski definition) is 0. The molecule has 0 atom stereocenters. The van der Waals surface area contributed by atoms with Crippen LogP contribution in [0.15, 0.2) is 42.5 Å². The van der Waals surface area contributed by atoms with Crippen LogP contribution in [0.5, 0.6) is 0 Å². The number of benzene rings is 2. The maximum Gasteiger partial charge on any atom is 0.0494 e. The van der Waals surface area contributed by atoms with Crippen molar-refractivity contribution in [3.8, 4) is 0 Å². The molecule has 0 bridgehead atoms. The summed E-state index contributed by atoms with van der Waals surface area (Å²) in [5.74, 6) is 0.579. The summed E-state index contributed by atoms with van der Waals surface area (Å²) in [6.07, 6.45) is 1.12. The molecule has 1 aliphatic heterocycles. The minimum absolute atomic E-state index is 0.579. The number of nitrogens with zero attached hydrogens (tertiary/aromatic N) is 1. The van der Waals surface area contributed by atoms with E-state index in [4.69, 9.17) is 11.6 Å². The van der Waals surface area contributed by atoms with Gasteiger partial charge in [0, 0.05) is 24.7 Å². The van der Waals surface area contributed by atoms with Gasteiger partial charge in [0.25, 0.3) is 0 Å². The van der Waals surface area contributed by atoms with E-state index in [0.717, 1.165) is 19.5 Å². The van der Waals surface area contributed by atoms with E-state index in [2.05, 4.69) is 54.3 Å². The molecule has 2 heteroatoms. The molecule has 0 fully saturated rings. The largest absolute Gasteiger partial charge is 0.367 e. The minimum Gasteiger partial charge on any atom is -0.367 e. The summed E-state index contributed by atoms with van der Waals surface area (Å²) in [6.45, 7) is 4.18. The van der Waals surface area contributed by atoms with E-state index < -0.39 is 0 Å². The molecule has 1 aliphatic rings. The van der Waals surface area contributed by atoms with Crippen molar-refractivity contribution in [3.63, 3.8) is 0 Å². The summed E-state index contributed by atoms with van der Waals surface area (Å²) in [6, 6.07) is 15.3. The lowest BCUT2D eigenvalue weighted by atomic mass is 9.98. The number of aryl methyl sites for hydroxylation is 1. The van der Waals surface area contributed by atoms with Gasteiger partial charge in [0.1, 0.15) is 0 Å². The highest BCUT2D eigenvalue weighted by Crippen LogP contribution is 2.28.